The molecule has 0 saturated heterocycles. The van der Waals surface area contributed by atoms with Crippen molar-refractivity contribution in [2.24, 2.45) is 5.84 Å². The maximum Gasteiger partial charge on any atom is 0.315 e. The number of ether oxygens (including phenoxy) is 1. The van der Waals surface area contributed by atoms with Crippen LogP contribution in [0.5, 0.6) is 0 Å². The van der Waals surface area contributed by atoms with Crippen LogP contribution in [0.25, 0.3) is 11.0 Å². The quantitative estimate of drug-likeness (QED) is 0.366. The summed E-state index contributed by atoms with van der Waals surface area (Å²) in [5.74, 6) is 5.26. The van der Waals surface area contributed by atoms with Crippen LogP contribution in [0.3, 0.4) is 0 Å². The van der Waals surface area contributed by atoms with Gasteiger partial charge in [-0.3, -0.25) is 15.0 Å². The highest BCUT2D eigenvalue weighted by Gasteiger charge is 2.19. The highest BCUT2D eigenvalue weighted by molar-refractivity contribution is 7.99. The molecular weight excluding hydrogens is 292 g/mol. The van der Waals surface area contributed by atoms with Gasteiger partial charge in [-0.2, -0.15) is 0 Å². The molecule has 2 rings (SSSR count). The van der Waals surface area contributed by atoms with Gasteiger partial charge in [0, 0.05) is 16.7 Å². The Morgan fingerprint density at radius 1 is 1.38 bits per heavy atom. The second-order valence-corrected chi connectivity index (χ2v) is 5.16. The van der Waals surface area contributed by atoms with Gasteiger partial charge in [-0.25, -0.2) is 5.84 Å². The van der Waals surface area contributed by atoms with Crippen LogP contribution in [0.1, 0.15) is 23.0 Å². The number of nitrogens with two attached hydrogens (primary N) is 1. The van der Waals surface area contributed by atoms with E-state index in [2.05, 4.69) is 5.43 Å². The van der Waals surface area contributed by atoms with Gasteiger partial charge in [0.25, 0.3) is 0 Å². The van der Waals surface area contributed by atoms with E-state index in [1.54, 1.807) is 13.0 Å². The Kier molecular flexibility index (Phi) is 5.24. The molecule has 0 unspecified atom stereocenters. The molecule has 1 amide bonds. The molecule has 0 fully saturated rings. The molecule has 0 aliphatic heterocycles. The van der Waals surface area contributed by atoms with Crippen LogP contribution < -0.4 is 11.3 Å². The second-order valence-electron chi connectivity index (χ2n) is 4.18. The van der Waals surface area contributed by atoms with E-state index in [-0.39, 0.29) is 17.5 Å². The molecule has 1 aromatic carbocycles. The number of amides is 1. The van der Waals surface area contributed by atoms with Gasteiger partial charge in [0.2, 0.25) is 0 Å². The third kappa shape index (κ3) is 3.56. The molecule has 112 valence electrons. The molecule has 0 aliphatic rings. The average molecular weight is 308 g/mol. The van der Waals surface area contributed by atoms with Crippen molar-refractivity contribution in [3.8, 4) is 0 Å². The number of furan rings is 1. The van der Waals surface area contributed by atoms with Gasteiger partial charge >= 0.3 is 11.9 Å². The van der Waals surface area contributed by atoms with Crippen LogP contribution in [0.2, 0.25) is 0 Å². The highest BCUT2D eigenvalue weighted by atomic mass is 32.2. The van der Waals surface area contributed by atoms with Gasteiger partial charge in [-0.1, -0.05) is 18.2 Å². The summed E-state index contributed by atoms with van der Waals surface area (Å²) in [6.45, 7) is 2.12. The maximum absolute atomic E-state index is 11.8. The number of hydrogen-bond donors (Lipinski definition) is 2. The number of para-hydroxylation sites is 1. The van der Waals surface area contributed by atoms with Crippen LogP contribution in [0.4, 0.5) is 0 Å². The van der Waals surface area contributed by atoms with Crippen LogP contribution >= 0.6 is 11.8 Å². The molecule has 2 aromatic rings. The number of nitrogen functional groups attached to an aromatic ring is 1. The molecule has 3 N–H and O–H groups in total. The lowest BCUT2D eigenvalue weighted by molar-refractivity contribution is -0.139. The lowest BCUT2D eigenvalue weighted by Crippen LogP contribution is -2.30. The van der Waals surface area contributed by atoms with Crippen molar-refractivity contribution in [2.45, 2.75) is 12.7 Å². The Hall–Kier alpha value is -1.99. The zero-order valence-corrected chi connectivity index (χ0v) is 12.4. The number of carbonyl (C=O) groups excluding carboxylic acids is 2. The molecule has 0 saturated carbocycles. The number of hydrogen-bond acceptors (Lipinski definition) is 6. The molecule has 1 heterocycles. The van der Waals surface area contributed by atoms with Gasteiger partial charge in [0.1, 0.15) is 5.58 Å². The van der Waals surface area contributed by atoms with Crippen molar-refractivity contribution in [3.63, 3.8) is 0 Å². The van der Waals surface area contributed by atoms with Crippen LogP contribution in [-0.2, 0) is 15.3 Å². The summed E-state index contributed by atoms with van der Waals surface area (Å²) in [5, 5.41) is 0.840. The Bertz CT molecular complexity index is 653. The minimum atomic E-state index is -0.488. The summed E-state index contributed by atoms with van der Waals surface area (Å²) in [4.78, 5) is 23.1. The molecule has 1 aromatic heterocycles. The number of fused-ring (bicyclic) bond motifs is 1. The summed E-state index contributed by atoms with van der Waals surface area (Å²) in [6, 6.07) is 7.33. The monoisotopic (exact) mass is 308 g/mol. The smallest absolute Gasteiger partial charge is 0.315 e. The normalized spacial score (nSPS) is 10.6. The molecule has 0 bridgehead atoms. The van der Waals surface area contributed by atoms with E-state index in [1.807, 2.05) is 18.2 Å². The van der Waals surface area contributed by atoms with Crippen LogP contribution in [0.15, 0.2) is 28.7 Å². The van der Waals surface area contributed by atoms with E-state index in [9.17, 15) is 9.59 Å². The van der Waals surface area contributed by atoms with Crippen LogP contribution in [-0.4, -0.2) is 24.2 Å². The number of nitrogens with one attached hydrogen (secondary N) is 1. The zero-order chi connectivity index (χ0) is 15.2. The van der Waals surface area contributed by atoms with Crippen molar-refractivity contribution in [1.29, 1.82) is 0 Å². The molecule has 6 nitrogen and oxygen atoms in total. The predicted molar refractivity (Wildman–Crippen MR) is 80.7 cm³/mol. The van der Waals surface area contributed by atoms with Gasteiger partial charge in [0.05, 0.1) is 12.4 Å². The molecule has 0 aliphatic carbocycles. The Balaban J connectivity index is 2.20. The van der Waals surface area contributed by atoms with Gasteiger partial charge in [0.15, 0.2) is 5.76 Å². The van der Waals surface area contributed by atoms with Crippen molar-refractivity contribution < 1.29 is 18.7 Å². The first-order valence-electron chi connectivity index (χ1n) is 6.42. The topological polar surface area (TPSA) is 94.6 Å². The third-order valence-electron chi connectivity index (χ3n) is 2.81. The standard InChI is InChI=1S/C14H16N2O4S/c1-2-19-12(17)8-21-7-10-9-5-3-4-6-11(9)20-13(10)14(18)16-15/h3-6H,2,7-8,15H2,1H3,(H,16,18). The third-order valence-corrected chi connectivity index (χ3v) is 3.74. The number of rotatable bonds is 6. The summed E-state index contributed by atoms with van der Waals surface area (Å²) in [6.07, 6.45) is 0. The minimum Gasteiger partial charge on any atom is -0.465 e. The van der Waals surface area contributed by atoms with Gasteiger partial charge in [-0.05, 0) is 13.0 Å². The molecule has 7 heteroatoms. The maximum atomic E-state index is 11.8. The van der Waals surface area contributed by atoms with Crippen molar-refractivity contribution in [2.75, 3.05) is 12.4 Å². The first-order chi connectivity index (χ1) is 10.2. The largest absolute Gasteiger partial charge is 0.465 e. The molecule has 21 heavy (non-hydrogen) atoms. The highest BCUT2D eigenvalue weighted by Crippen LogP contribution is 2.29. The van der Waals surface area contributed by atoms with E-state index in [0.717, 1.165) is 10.9 Å². The second kappa shape index (κ2) is 7.14. The van der Waals surface area contributed by atoms with Gasteiger partial charge in [-0.15, -0.1) is 11.8 Å². The van der Waals surface area contributed by atoms with Crippen molar-refractivity contribution in [3.05, 3.63) is 35.6 Å². The summed E-state index contributed by atoms with van der Waals surface area (Å²) in [5.41, 5.74) is 3.41. The summed E-state index contributed by atoms with van der Waals surface area (Å²) < 4.78 is 10.4. The average Bonchev–Trinajstić information content (AvgIpc) is 2.86. The first-order valence-corrected chi connectivity index (χ1v) is 7.57. The molecule has 0 spiro atoms. The minimum absolute atomic E-state index is 0.176. The molecular formula is C14H16N2O4S. The Morgan fingerprint density at radius 2 is 2.14 bits per heavy atom. The van der Waals surface area contributed by atoms with Crippen LogP contribution in [0, 0.1) is 0 Å². The number of thioether (sulfide) groups is 1. The fourth-order valence-electron chi connectivity index (χ4n) is 1.93. The summed E-state index contributed by atoms with van der Waals surface area (Å²) >= 11 is 1.36. The first kappa shape index (κ1) is 15.4. The number of carbonyl (C=O) groups is 2. The van der Waals surface area contributed by atoms with E-state index in [4.69, 9.17) is 15.0 Å². The molecule has 0 radical (unpaired) electrons. The molecule has 0 atom stereocenters. The fraction of sp³-hybridized carbons (Fsp3) is 0.286. The number of benzene rings is 1. The predicted octanol–water partition coefficient (Wildman–Crippen LogP) is 1.83. The fourth-order valence-corrected chi connectivity index (χ4v) is 2.77. The van der Waals surface area contributed by atoms with E-state index < -0.39 is 5.91 Å². The van der Waals surface area contributed by atoms with Crippen molar-refractivity contribution in [1.82, 2.24) is 5.43 Å². The van der Waals surface area contributed by atoms with Gasteiger partial charge < -0.3 is 9.15 Å². The van der Waals surface area contributed by atoms with E-state index >= 15 is 0 Å². The van der Waals surface area contributed by atoms with E-state index in [1.165, 1.54) is 11.8 Å². The Labute approximate surface area is 126 Å². The lowest BCUT2D eigenvalue weighted by atomic mass is 10.1. The number of esters is 1. The summed E-state index contributed by atoms with van der Waals surface area (Å²) in [7, 11) is 0. The SMILES string of the molecule is CCOC(=O)CSCc1c(C(=O)NN)oc2ccccc12. The Morgan fingerprint density at radius 3 is 2.86 bits per heavy atom. The lowest BCUT2D eigenvalue weighted by Gasteiger charge is -2.03. The van der Waals surface area contributed by atoms with E-state index in [0.29, 0.717) is 17.9 Å². The number of hydrazine groups is 1. The van der Waals surface area contributed by atoms with Crippen molar-refractivity contribution >= 4 is 34.6 Å². The zero-order valence-electron chi connectivity index (χ0n) is 11.5.